The Kier molecular flexibility index (Phi) is 5.40. The second-order valence-corrected chi connectivity index (χ2v) is 8.04. The van der Waals surface area contributed by atoms with Crippen molar-refractivity contribution >= 4 is 17.6 Å². The zero-order valence-electron chi connectivity index (χ0n) is 17.3. The van der Waals surface area contributed by atoms with Gasteiger partial charge in [-0.1, -0.05) is 60.7 Å². The number of carbonyl (C=O) groups excluding carboxylic acids is 3. The van der Waals surface area contributed by atoms with Crippen LogP contribution in [0.5, 0.6) is 0 Å². The molecular formula is C24H21F3N2O3. The largest absolute Gasteiger partial charge is 0.425 e. The molecule has 0 aromatic heterocycles. The SMILES string of the molecule is CC1=C(C(=O)c2ccccc2)[C@@](NC(=O)C2CC2)(C(F)(F)F)C(=O)N1Cc1ccccc1. The molecule has 1 saturated carbocycles. The first kappa shape index (κ1) is 21.8. The van der Waals surface area contributed by atoms with E-state index in [4.69, 9.17) is 0 Å². The van der Waals surface area contributed by atoms with Gasteiger partial charge in [-0.15, -0.1) is 0 Å². The number of amides is 2. The quantitative estimate of drug-likeness (QED) is 0.688. The first-order valence-corrected chi connectivity index (χ1v) is 10.2. The molecule has 1 aliphatic heterocycles. The van der Waals surface area contributed by atoms with Crippen molar-refractivity contribution < 1.29 is 27.6 Å². The van der Waals surface area contributed by atoms with Gasteiger partial charge in [0.15, 0.2) is 5.78 Å². The highest BCUT2D eigenvalue weighted by Crippen LogP contribution is 2.47. The number of benzene rings is 2. The fourth-order valence-corrected chi connectivity index (χ4v) is 3.98. The van der Waals surface area contributed by atoms with Crippen molar-refractivity contribution in [2.45, 2.75) is 38.0 Å². The number of hydrogen-bond acceptors (Lipinski definition) is 3. The van der Waals surface area contributed by atoms with E-state index in [9.17, 15) is 27.6 Å². The van der Waals surface area contributed by atoms with Crippen LogP contribution in [0.15, 0.2) is 71.9 Å². The molecule has 2 aliphatic rings. The Hall–Kier alpha value is -3.42. The normalized spacial score (nSPS) is 21.1. The Bertz CT molecular complexity index is 1090. The summed E-state index contributed by atoms with van der Waals surface area (Å²) < 4.78 is 44.0. The Morgan fingerprint density at radius 1 is 1.03 bits per heavy atom. The monoisotopic (exact) mass is 442 g/mol. The molecular weight excluding hydrogens is 421 g/mol. The number of ketones is 1. The van der Waals surface area contributed by atoms with Crippen molar-refractivity contribution in [1.29, 1.82) is 0 Å². The van der Waals surface area contributed by atoms with Crippen LogP contribution in [0.4, 0.5) is 13.2 Å². The van der Waals surface area contributed by atoms with Crippen LogP contribution in [0.3, 0.4) is 0 Å². The summed E-state index contributed by atoms with van der Waals surface area (Å²) in [7, 11) is 0. The third-order valence-corrected chi connectivity index (χ3v) is 5.84. The lowest BCUT2D eigenvalue weighted by molar-refractivity contribution is -0.193. The highest BCUT2D eigenvalue weighted by Gasteiger charge is 2.70. The third kappa shape index (κ3) is 3.59. The van der Waals surface area contributed by atoms with E-state index in [0.717, 1.165) is 4.90 Å². The molecule has 2 aromatic rings. The summed E-state index contributed by atoms with van der Waals surface area (Å²) in [5.74, 6) is -3.78. The lowest BCUT2D eigenvalue weighted by Gasteiger charge is -2.33. The van der Waals surface area contributed by atoms with E-state index < -0.39 is 40.8 Å². The fourth-order valence-electron chi connectivity index (χ4n) is 3.98. The minimum absolute atomic E-state index is 0.00510. The maximum Gasteiger partial charge on any atom is 0.425 e. The lowest BCUT2D eigenvalue weighted by Crippen LogP contribution is -2.66. The maximum absolute atomic E-state index is 14.7. The van der Waals surface area contributed by atoms with Crippen LogP contribution >= 0.6 is 0 Å². The van der Waals surface area contributed by atoms with E-state index in [-0.39, 0.29) is 17.8 Å². The number of carbonyl (C=O) groups is 3. The third-order valence-electron chi connectivity index (χ3n) is 5.84. The average molecular weight is 442 g/mol. The molecule has 0 unspecified atom stereocenters. The summed E-state index contributed by atoms with van der Waals surface area (Å²) in [6.07, 6.45) is -4.32. The summed E-state index contributed by atoms with van der Waals surface area (Å²) in [5, 5.41) is 1.96. The molecule has 1 fully saturated rings. The van der Waals surface area contributed by atoms with Gasteiger partial charge in [-0.3, -0.25) is 14.4 Å². The number of rotatable bonds is 6. The van der Waals surface area contributed by atoms with Gasteiger partial charge in [-0.25, -0.2) is 0 Å². The number of Topliss-reactive ketones (excluding diaryl/α,β-unsaturated/α-hetero) is 1. The Morgan fingerprint density at radius 2 is 1.59 bits per heavy atom. The standard InChI is InChI=1S/C24H21F3N2O3/c1-15-19(20(30)17-10-6-3-7-11-17)23(24(25,26)27,28-21(31)18-12-13-18)22(32)29(15)14-16-8-4-2-5-9-16/h2-11,18H,12-14H2,1H3,(H,28,31)/t23-/m0/s1. The summed E-state index contributed by atoms with van der Waals surface area (Å²) in [6.45, 7) is 1.15. The molecule has 1 N–H and O–H groups in total. The van der Waals surface area contributed by atoms with Gasteiger partial charge >= 0.3 is 6.18 Å². The molecule has 8 heteroatoms. The van der Waals surface area contributed by atoms with E-state index >= 15 is 0 Å². The number of halogens is 3. The van der Waals surface area contributed by atoms with E-state index in [1.807, 2.05) is 5.32 Å². The minimum Gasteiger partial charge on any atom is -0.330 e. The summed E-state index contributed by atoms with van der Waals surface area (Å²) in [4.78, 5) is 40.2. The topological polar surface area (TPSA) is 66.5 Å². The van der Waals surface area contributed by atoms with Gasteiger partial charge in [0, 0.05) is 17.2 Å². The molecule has 0 spiro atoms. The van der Waals surface area contributed by atoms with Crippen LogP contribution in [0.25, 0.3) is 0 Å². The van der Waals surface area contributed by atoms with Crippen LogP contribution in [0, 0.1) is 5.92 Å². The molecule has 2 aromatic carbocycles. The van der Waals surface area contributed by atoms with Crippen molar-refractivity contribution in [3.63, 3.8) is 0 Å². The first-order valence-electron chi connectivity index (χ1n) is 10.2. The zero-order chi connectivity index (χ0) is 23.1. The molecule has 32 heavy (non-hydrogen) atoms. The van der Waals surface area contributed by atoms with Crippen LogP contribution < -0.4 is 5.32 Å². The van der Waals surface area contributed by atoms with Crippen molar-refractivity contribution in [2.24, 2.45) is 5.92 Å². The molecule has 0 bridgehead atoms. The second-order valence-electron chi connectivity index (χ2n) is 8.04. The fraction of sp³-hybridized carbons (Fsp3) is 0.292. The summed E-state index contributed by atoms with van der Waals surface area (Å²) in [6, 6.07) is 16.0. The second kappa shape index (κ2) is 7.93. The molecule has 1 aliphatic carbocycles. The van der Waals surface area contributed by atoms with Gasteiger partial charge in [-0.05, 0) is 25.3 Å². The smallest absolute Gasteiger partial charge is 0.330 e. The predicted molar refractivity (Wildman–Crippen MR) is 110 cm³/mol. The van der Waals surface area contributed by atoms with Gasteiger partial charge in [0.2, 0.25) is 11.4 Å². The molecule has 0 saturated heterocycles. The zero-order valence-corrected chi connectivity index (χ0v) is 17.3. The number of alkyl halides is 3. The van der Waals surface area contributed by atoms with Crippen LogP contribution in [-0.2, 0) is 16.1 Å². The molecule has 1 heterocycles. The molecule has 2 amide bonds. The van der Waals surface area contributed by atoms with Gasteiger partial charge in [-0.2, -0.15) is 13.2 Å². The Balaban J connectivity index is 1.87. The Morgan fingerprint density at radius 3 is 2.12 bits per heavy atom. The lowest BCUT2D eigenvalue weighted by atomic mass is 9.84. The highest BCUT2D eigenvalue weighted by molar-refractivity contribution is 6.19. The van der Waals surface area contributed by atoms with Gasteiger partial charge in [0.25, 0.3) is 5.91 Å². The molecule has 0 radical (unpaired) electrons. The number of hydrogen-bond donors (Lipinski definition) is 1. The van der Waals surface area contributed by atoms with Gasteiger partial charge < -0.3 is 10.2 Å². The van der Waals surface area contributed by atoms with Crippen LogP contribution in [0.2, 0.25) is 0 Å². The first-order chi connectivity index (χ1) is 15.2. The molecule has 4 rings (SSSR count). The number of allylic oxidation sites excluding steroid dienone is 1. The summed E-state index contributed by atoms with van der Waals surface area (Å²) >= 11 is 0. The van der Waals surface area contributed by atoms with E-state index in [2.05, 4.69) is 0 Å². The number of nitrogens with one attached hydrogen (secondary N) is 1. The molecule has 5 nitrogen and oxygen atoms in total. The van der Waals surface area contributed by atoms with E-state index in [1.165, 1.54) is 31.2 Å². The van der Waals surface area contributed by atoms with Crippen molar-refractivity contribution in [3.05, 3.63) is 83.1 Å². The van der Waals surface area contributed by atoms with Crippen LogP contribution in [-0.4, -0.2) is 34.2 Å². The van der Waals surface area contributed by atoms with Gasteiger partial charge in [0.1, 0.15) is 0 Å². The van der Waals surface area contributed by atoms with Crippen molar-refractivity contribution in [3.8, 4) is 0 Å². The van der Waals surface area contributed by atoms with Gasteiger partial charge in [0.05, 0.1) is 12.1 Å². The van der Waals surface area contributed by atoms with Crippen LogP contribution in [0.1, 0.15) is 35.7 Å². The molecule has 166 valence electrons. The average Bonchev–Trinajstić information content (AvgIpc) is 3.59. The highest BCUT2D eigenvalue weighted by atomic mass is 19.4. The maximum atomic E-state index is 14.7. The van der Waals surface area contributed by atoms with E-state index in [0.29, 0.717) is 18.4 Å². The van der Waals surface area contributed by atoms with Crippen molar-refractivity contribution in [2.75, 3.05) is 0 Å². The summed E-state index contributed by atoms with van der Waals surface area (Å²) in [5.41, 5.74) is -3.71. The minimum atomic E-state index is -5.22. The Labute approximate surface area is 182 Å². The number of nitrogens with zero attached hydrogens (tertiary/aromatic N) is 1. The van der Waals surface area contributed by atoms with E-state index in [1.54, 1.807) is 36.4 Å². The molecule has 1 atom stereocenters. The van der Waals surface area contributed by atoms with Crippen molar-refractivity contribution in [1.82, 2.24) is 10.2 Å². The predicted octanol–water partition coefficient (Wildman–Crippen LogP) is 4.01.